The van der Waals surface area contributed by atoms with Crippen LogP contribution in [0.3, 0.4) is 0 Å². The van der Waals surface area contributed by atoms with Crippen molar-refractivity contribution in [3.63, 3.8) is 0 Å². The van der Waals surface area contributed by atoms with Crippen LogP contribution in [0.15, 0.2) is 59.1 Å². The van der Waals surface area contributed by atoms with Crippen molar-refractivity contribution in [1.82, 2.24) is 4.98 Å². The molecule has 3 aromatic rings. The van der Waals surface area contributed by atoms with E-state index >= 15 is 0 Å². The molecule has 3 rings (SSSR count). The number of aryl methyl sites for hydroxylation is 1. The van der Waals surface area contributed by atoms with Crippen LogP contribution in [-0.2, 0) is 16.0 Å². The Hall–Kier alpha value is -3.12. The van der Waals surface area contributed by atoms with Gasteiger partial charge in [0.05, 0.1) is 6.20 Å². The fourth-order valence-corrected chi connectivity index (χ4v) is 2.58. The number of nitrogens with one attached hydrogen (secondary N) is 2. The smallest absolute Gasteiger partial charge is 0.224 e. The van der Waals surface area contributed by atoms with Gasteiger partial charge in [0, 0.05) is 41.7 Å². The lowest BCUT2D eigenvalue weighted by Crippen LogP contribution is -2.12. The first-order valence-corrected chi connectivity index (χ1v) is 8.75. The number of nitrogens with zero attached hydrogens (tertiary/aromatic N) is 1. The summed E-state index contributed by atoms with van der Waals surface area (Å²) in [6.07, 6.45) is 2.27. The molecule has 0 aliphatic carbocycles. The molecular formula is C20H18ClN3O3. The molecule has 0 radical (unpaired) electrons. The summed E-state index contributed by atoms with van der Waals surface area (Å²) in [6, 6.07) is 14.2. The van der Waals surface area contributed by atoms with E-state index in [0.717, 1.165) is 5.56 Å². The molecule has 27 heavy (non-hydrogen) atoms. The van der Waals surface area contributed by atoms with Crippen molar-refractivity contribution in [3.05, 3.63) is 65.6 Å². The van der Waals surface area contributed by atoms with Crippen molar-refractivity contribution in [2.24, 2.45) is 0 Å². The molecule has 0 aliphatic rings. The summed E-state index contributed by atoms with van der Waals surface area (Å²) in [6.45, 7) is 1.44. The zero-order chi connectivity index (χ0) is 19.2. The molecule has 2 amide bonds. The van der Waals surface area contributed by atoms with E-state index in [4.69, 9.17) is 16.0 Å². The molecule has 2 N–H and O–H groups in total. The van der Waals surface area contributed by atoms with Crippen molar-refractivity contribution in [2.75, 3.05) is 10.6 Å². The van der Waals surface area contributed by atoms with Crippen LogP contribution in [0.1, 0.15) is 19.2 Å². The second-order valence-corrected chi connectivity index (χ2v) is 6.37. The highest BCUT2D eigenvalue weighted by molar-refractivity contribution is 6.30. The fraction of sp³-hybridized carbons (Fsp3) is 0.150. The number of carbonyl (C=O) groups is 2. The Balaban J connectivity index is 1.52. The highest BCUT2D eigenvalue weighted by Crippen LogP contribution is 2.23. The molecule has 2 aromatic carbocycles. The number of hydrogen-bond donors (Lipinski definition) is 2. The number of carbonyl (C=O) groups excluding carboxylic acids is 2. The van der Waals surface area contributed by atoms with Gasteiger partial charge in [0.15, 0.2) is 11.7 Å². The van der Waals surface area contributed by atoms with E-state index < -0.39 is 0 Å². The van der Waals surface area contributed by atoms with Gasteiger partial charge in [-0.15, -0.1) is 0 Å². The zero-order valence-corrected chi connectivity index (χ0v) is 15.4. The summed E-state index contributed by atoms with van der Waals surface area (Å²) < 4.78 is 5.69. The van der Waals surface area contributed by atoms with E-state index in [1.807, 2.05) is 12.1 Å². The lowest BCUT2D eigenvalue weighted by molar-refractivity contribution is -0.116. The lowest BCUT2D eigenvalue weighted by atomic mass is 10.2. The first-order valence-electron chi connectivity index (χ1n) is 8.38. The van der Waals surface area contributed by atoms with Crippen molar-refractivity contribution in [2.45, 2.75) is 19.8 Å². The van der Waals surface area contributed by atoms with Crippen LogP contribution in [-0.4, -0.2) is 16.8 Å². The van der Waals surface area contributed by atoms with Gasteiger partial charge < -0.3 is 15.1 Å². The molecule has 0 bridgehead atoms. The maximum Gasteiger partial charge on any atom is 0.224 e. The Morgan fingerprint density at radius 2 is 1.63 bits per heavy atom. The normalized spacial score (nSPS) is 10.4. The van der Waals surface area contributed by atoms with Gasteiger partial charge in [-0.05, 0) is 48.5 Å². The number of hydrogen-bond acceptors (Lipinski definition) is 4. The van der Waals surface area contributed by atoms with Gasteiger partial charge in [-0.25, -0.2) is 4.98 Å². The number of anilines is 2. The molecule has 0 atom stereocenters. The third kappa shape index (κ3) is 5.43. The molecule has 0 unspecified atom stereocenters. The summed E-state index contributed by atoms with van der Waals surface area (Å²) in [7, 11) is 0. The third-order valence-corrected chi connectivity index (χ3v) is 3.99. The van der Waals surface area contributed by atoms with Crippen LogP contribution in [0, 0.1) is 0 Å². The first-order chi connectivity index (χ1) is 13.0. The number of halogens is 1. The van der Waals surface area contributed by atoms with Gasteiger partial charge in [-0.3, -0.25) is 9.59 Å². The number of aromatic nitrogens is 1. The number of benzene rings is 2. The molecule has 0 saturated heterocycles. The lowest BCUT2D eigenvalue weighted by Gasteiger charge is -2.06. The maximum absolute atomic E-state index is 12.1. The topological polar surface area (TPSA) is 84.2 Å². The first kappa shape index (κ1) is 18.7. The summed E-state index contributed by atoms with van der Waals surface area (Å²) in [5, 5.41) is 6.13. The van der Waals surface area contributed by atoms with Crippen LogP contribution < -0.4 is 10.6 Å². The molecule has 1 aromatic heterocycles. The van der Waals surface area contributed by atoms with Crippen molar-refractivity contribution in [3.8, 4) is 11.3 Å². The molecule has 7 heteroatoms. The molecule has 0 fully saturated rings. The zero-order valence-electron chi connectivity index (χ0n) is 14.7. The molecule has 6 nitrogen and oxygen atoms in total. The highest BCUT2D eigenvalue weighted by Gasteiger charge is 2.09. The minimum atomic E-state index is -0.145. The number of rotatable bonds is 6. The van der Waals surface area contributed by atoms with Crippen molar-refractivity contribution in [1.29, 1.82) is 0 Å². The van der Waals surface area contributed by atoms with Crippen LogP contribution in [0.4, 0.5) is 11.4 Å². The Kier molecular flexibility index (Phi) is 5.88. The summed E-state index contributed by atoms with van der Waals surface area (Å²) >= 11 is 5.88. The van der Waals surface area contributed by atoms with E-state index in [0.29, 0.717) is 34.5 Å². The van der Waals surface area contributed by atoms with Crippen molar-refractivity contribution < 1.29 is 14.0 Å². The minimum absolute atomic E-state index is 0.143. The third-order valence-electron chi connectivity index (χ3n) is 3.74. The van der Waals surface area contributed by atoms with E-state index in [2.05, 4.69) is 15.6 Å². The second-order valence-electron chi connectivity index (χ2n) is 5.93. The molecule has 0 aliphatic heterocycles. The fourth-order valence-electron chi connectivity index (χ4n) is 2.46. The average Bonchev–Trinajstić information content (AvgIpc) is 3.11. The standard InChI is InChI=1S/C20H18ClN3O3/c1-13(25)23-16-6-8-17(9-7-16)24-19(26)10-11-20-22-12-18(27-20)14-2-4-15(21)5-3-14/h2-9,12H,10-11H2,1H3,(H,23,25)(H,24,26). The van der Waals surface area contributed by atoms with Crippen LogP contribution in [0.5, 0.6) is 0 Å². The molecule has 0 spiro atoms. The molecular weight excluding hydrogens is 366 g/mol. The van der Waals surface area contributed by atoms with Gasteiger partial charge in [-0.2, -0.15) is 0 Å². The molecule has 0 saturated carbocycles. The predicted molar refractivity (Wildman–Crippen MR) is 105 cm³/mol. The summed E-state index contributed by atoms with van der Waals surface area (Å²) in [4.78, 5) is 27.3. The Morgan fingerprint density at radius 1 is 1.00 bits per heavy atom. The highest BCUT2D eigenvalue weighted by atomic mass is 35.5. The maximum atomic E-state index is 12.1. The summed E-state index contributed by atoms with van der Waals surface area (Å²) in [5.41, 5.74) is 2.21. The minimum Gasteiger partial charge on any atom is -0.441 e. The van der Waals surface area contributed by atoms with Crippen LogP contribution in [0.2, 0.25) is 5.02 Å². The van der Waals surface area contributed by atoms with Gasteiger partial charge >= 0.3 is 0 Å². The number of oxazole rings is 1. The molecule has 138 valence electrons. The van der Waals surface area contributed by atoms with E-state index in [1.54, 1.807) is 42.6 Å². The average molecular weight is 384 g/mol. The van der Waals surface area contributed by atoms with E-state index in [1.165, 1.54) is 6.92 Å². The Bertz CT molecular complexity index is 934. The summed E-state index contributed by atoms with van der Waals surface area (Å²) in [5.74, 6) is 0.843. The van der Waals surface area contributed by atoms with Gasteiger partial charge in [-0.1, -0.05) is 11.6 Å². The quantitative estimate of drug-likeness (QED) is 0.655. The van der Waals surface area contributed by atoms with E-state index in [9.17, 15) is 9.59 Å². The second kappa shape index (κ2) is 8.51. The SMILES string of the molecule is CC(=O)Nc1ccc(NC(=O)CCc2ncc(-c3ccc(Cl)cc3)o2)cc1. The molecule has 1 heterocycles. The number of amides is 2. The Labute approximate surface area is 161 Å². The van der Waals surface area contributed by atoms with E-state index in [-0.39, 0.29) is 18.2 Å². The van der Waals surface area contributed by atoms with Crippen molar-refractivity contribution >= 4 is 34.8 Å². The monoisotopic (exact) mass is 383 g/mol. The Morgan fingerprint density at radius 3 is 2.26 bits per heavy atom. The van der Waals surface area contributed by atoms with Gasteiger partial charge in [0.25, 0.3) is 0 Å². The largest absolute Gasteiger partial charge is 0.441 e. The van der Waals surface area contributed by atoms with Crippen LogP contribution in [0.25, 0.3) is 11.3 Å². The van der Waals surface area contributed by atoms with Gasteiger partial charge in [0.2, 0.25) is 11.8 Å². The van der Waals surface area contributed by atoms with Gasteiger partial charge in [0.1, 0.15) is 0 Å². The van der Waals surface area contributed by atoms with Crippen LogP contribution >= 0.6 is 11.6 Å². The predicted octanol–water partition coefficient (Wildman–Crippen LogP) is 4.52.